The largest absolute Gasteiger partial charge is 0.740 e. The molecule has 1 saturated heterocycles. The van der Waals surface area contributed by atoms with Gasteiger partial charge in [-0.2, -0.15) is 0 Å². The molecule has 12 heavy (non-hydrogen) atoms. The van der Waals surface area contributed by atoms with Gasteiger partial charge in [0.2, 0.25) is 0 Å². The van der Waals surface area contributed by atoms with Crippen molar-refractivity contribution in [1.29, 1.82) is 0 Å². The number of ether oxygens (including phenoxy) is 1. The molecular weight excluding hydrogens is 186 g/mol. The Labute approximate surface area is 71.9 Å². The highest BCUT2D eigenvalue weighted by Gasteiger charge is 2.18. The summed E-state index contributed by atoms with van der Waals surface area (Å²) < 4.78 is 28.8. The Morgan fingerprint density at radius 1 is 1.50 bits per heavy atom. The standard InChI is InChI=1S/C5H9NO5S/c7-5(11-12(8)9)6-1-3-10-4-2-6/h1-4H2,(H,8,9)/p-1. The van der Waals surface area contributed by atoms with Gasteiger partial charge in [0.25, 0.3) is 0 Å². The average Bonchev–Trinajstić information content (AvgIpc) is 2.05. The molecule has 1 amide bonds. The lowest BCUT2D eigenvalue weighted by Gasteiger charge is -2.25. The van der Waals surface area contributed by atoms with Crippen LogP contribution in [0.2, 0.25) is 0 Å². The van der Waals surface area contributed by atoms with Crippen molar-refractivity contribution in [3.63, 3.8) is 0 Å². The Bertz CT molecular complexity index is 190. The number of rotatable bonds is 1. The van der Waals surface area contributed by atoms with Crippen LogP contribution in [-0.2, 0) is 20.3 Å². The summed E-state index contributed by atoms with van der Waals surface area (Å²) in [4.78, 5) is 12.1. The summed E-state index contributed by atoms with van der Waals surface area (Å²) in [6.07, 6.45) is -0.841. The van der Waals surface area contributed by atoms with Crippen molar-refractivity contribution in [3.8, 4) is 0 Å². The molecule has 1 heterocycles. The van der Waals surface area contributed by atoms with E-state index in [1.165, 1.54) is 4.90 Å². The van der Waals surface area contributed by atoms with E-state index in [1.54, 1.807) is 0 Å². The molecule has 0 aromatic carbocycles. The molecule has 7 heteroatoms. The fourth-order valence-corrected chi connectivity index (χ4v) is 1.08. The van der Waals surface area contributed by atoms with Crippen LogP contribution in [0.3, 0.4) is 0 Å². The van der Waals surface area contributed by atoms with Gasteiger partial charge >= 0.3 is 6.09 Å². The van der Waals surface area contributed by atoms with Crippen LogP contribution in [0.25, 0.3) is 0 Å². The Morgan fingerprint density at radius 3 is 2.58 bits per heavy atom. The summed E-state index contributed by atoms with van der Waals surface area (Å²) in [5, 5.41) is 0. The first-order valence-corrected chi connectivity index (χ1v) is 4.34. The van der Waals surface area contributed by atoms with E-state index in [2.05, 4.69) is 4.18 Å². The molecule has 1 aliphatic rings. The van der Waals surface area contributed by atoms with Crippen LogP contribution >= 0.6 is 0 Å². The highest BCUT2D eigenvalue weighted by Crippen LogP contribution is 2.00. The van der Waals surface area contributed by atoms with Crippen LogP contribution < -0.4 is 0 Å². The minimum Gasteiger partial charge on any atom is -0.740 e. The monoisotopic (exact) mass is 194 g/mol. The predicted octanol–water partition coefficient (Wildman–Crippen LogP) is -0.751. The maximum Gasteiger partial charge on any atom is 0.423 e. The highest BCUT2D eigenvalue weighted by atomic mass is 32.2. The molecular formula is C5H8NO5S-. The highest BCUT2D eigenvalue weighted by molar-refractivity contribution is 7.74. The van der Waals surface area contributed by atoms with E-state index in [4.69, 9.17) is 4.74 Å². The van der Waals surface area contributed by atoms with Crippen molar-refractivity contribution in [2.45, 2.75) is 0 Å². The van der Waals surface area contributed by atoms with E-state index in [0.717, 1.165) is 0 Å². The van der Waals surface area contributed by atoms with E-state index < -0.39 is 17.5 Å². The van der Waals surface area contributed by atoms with Crippen molar-refractivity contribution >= 4 is 17.5 Å². The summed E-state index contributed by atoms with van der Waals surface area (Å²) in [6, 6.07) is 0. The lowest BCUT2D eigenvalue weighted by Crippen LogP contribution is -2.41. The number of morpholine rings is 1. The number of amides is 1. The average molecular weight is 194 g/mol. The second kappa shape index (κ2) is 4.39. The van der Waals surface area contributed by atoms with E-state index in [0.29, 0.717) is 26.3 Å². The lowest BCUT2D eigenvalue weighted by atomic mass is 10.5. The minimum atomic E-state index is -2.78. The van der Waals surface area contributed by atoms with Gasteiger partial charge in [0, 0.05) is 13.1 Å². The number of hydrogen-bond donors (Lipinski definition) is 0. The molecule has 1 rings (SSSR count). The Hall–Kier alpha value is -0.660. The van der Waals surface area contributed by atoms with E-state index in [1.807, 2.05) is 0 Å². The summed E-state index contributed by atoms with van der Waals surface area (Å²) in [5.74, 6) is 0. The molecule has 1 atom stereocenters. The molecule has 0 saturated carbocycles. The molecule has 0 aromatic heterocycles. The zero-order valence-electron chi connectivity index (χ0n) is 6.23. The maximum atomic E-state index is 10.9. The second-order valence-corrected chi connectivity index (χ2v) is 2.73. The predicted molar refractivity (Wildman–Crippen MR) is 37.8 cm³/mol. The zero-order valence-corrected chi connectivity index (χ0v) is 7.04. The smallest absolute Gasteiger partial charge is 0.423 e. The van der Waals surface area contributed by atoms with Crippen molar-refractivity contribution in [2.24, 2.45) is 0 Å². The Kier molecular flexibility index (Phi) is 3.45. The van der Waals surface area contributed by atoms with E-state index in [9.17, 15) is 13.6 Å². The van der Waals surface area contributed by atoms with Gasteiger partial charge in [0.1, 0.15) is 11.4 Å². The van der Waals surface area contributed by atoms with E-state index >= 15 is 0 Å². The van der Waals surface area contributed by atoms with Crippen LogP contribution in [0.5, 0.6) is 0 Å². The van der Waals surface area contributed by atoms with Crippen LogP contribution in [0.4, 0.5) is 4.79 Å². The fraction of sp³-hybridized carbons (Fsp3) is 0.800. The van der Waals surface area contributed by atoms with Crippen molar-refractivity contribution in [2.75, 3.05) is 26.3 Å². The molecule has 0 radical (unpaired) electrons. The molecule has 1 aliphatic heterocycles. The Morgan fingerprint density at radius 2 is 2.08 bits per heavy atom. The third kappa shape index (κ3) is 2.76. The fourth-order valence-electron chi connectivity index (χ4n) is 0.857. The summed E-state index contributed by atoms with van der Waals surface area (Å²) in [5.41, 5.74) is 0. The third-order valence-corrected chi connectivity index (χ3v) is 1.69. The molecule has 0 spiro atoms. The normalized spacial score (nSPS) is 20.2. The van der Waals surface area contributed by atoms with Gasteiger partial charge in [-0.1, -0.05) is 0 Å². The molecule has 70 valence electrons. The van der Waals surface area contributed by atoms with Crippen LogP contribution in [0.15, 0.2) is 0 Å². The van der Waals surface area contributed by atoms with Crippen LogP contribution in [-0.4, -0.2) is 46.1 Å². The molecule has 0 N–H and O–H groups in total. The first-order chi connectivity index (χ1) is 5.70. The van der Waals surface area contributed by atoms with Gasteiger partial charge in [-0.05, 0) is 0 Å². The molecule has 6 nitrogen and oxygen atoms in total. The lowest BCUT2D eigenvalue weighted by molar-refractivity contribution is 0.0419. The second-order valence-electron chi connectivity index (χ2n) is 2.15. The van der Waals surface area contributed by atoms with Gasteiger partial charge in [-0.15, -0.1) is 0 Å². The molecule has 1 fully saturated rings. The van der Waals surface area contributed by atoms with Crippen LogP contribution in [0, 0.1) is 0 Å². The number of nitrogens with zero attached hydrogens (tertiary/aromatic N) is 1. The number of carbonyl (C=O) groups excluding carboxylic acids is 1. The van der Waals surface area contributed by atoms with Gasteiger partial charge in [-0.25, -0.2) is 9.00 Å². The van der Waals surface area contributed by atoms with Crippen LogP contribution in [0.1, 0.15) is 0 Å². The van der Waals surface area contributed by atoms with Gasteiger partial charge < -0.3 is 18.4 Å². The topological polar surface area (TPSA) is 78.9 Å². The van der Waals surface area contributed by atoms with Crippen molar-refractivity contribution < 1.29 is 22.5 Å². The Balaban J connectivity index is 2.34. The molecule has 0 aliphatic carbocycles. The first-order valence-electron chi connectivity index (χ1n) is 3.34. The SMILES string of the molecule is O=C(OS(=O)[O-])N1CCOCC1. The molecule has 0 aromatic rings. The number of carbonyl (C=O) groups is 1. The summed E-state index contributed by atoms with van der Waals surface area (Å²) >= 11 is -2.78. The first kappa shape index (κ1) is 9.43. The van der Waals surface area contributed by atoms with Crippen molar-refractivity contribution in [1.82, 2.24) is 4.90 Å². The van der Waals surface area contributed by atoms with Gasteiger partial charge in [0.15, 0.2) is 0 Å². The van der Waals surface area contributed by atoms with E-state index in [-0.39, 0.29) is 0 Å². The molecule has 1 unspecified atom stereocenters. The minimum absolute atomic E-state index is 0.371. The number of hydrogen-bond acceptors (Lipinski definition) is 5. The van der Waals surface area contributed by atoms with Gasteiger partial charge in [-0.3, -0.25) is 0 Å². The zero-order chi connectivity index (χ0) is 8.97. The summed E-state index contributed by atoms with van der Waals surface area (Å²) in [6.45, 7) is 1.58. The van der Waals surface area contributed by atoms with Crippen molar-refractivity contribution in [3.05, 3.63) is 0 Å². The maximum absolute atomic E-state index is 10.9. The third-order valence-electron chi connectivity index (χ3n) is 1.41. The molecule has 0 bridgehead atoms. The van der Waals surface area contributed by atoms with Gasteiger partial charge in [0.05, 0.1) is 13.2 Å². The quantitative estimate of drug-likeness (QED) is 0.513. The summed E-state index contributed by atoms with van der Waals surface area (Å²) in [7, 11) is 0.